The van der Waals surface area contributed by atoms with E-state index in [2.05, 4.69) is 0 Å². The molecule has 3 aromatic carbocycles. The summed E-state index contributed by atoms with van der Waals surface area (Å²) in [5.74, 6) is -0.0916. The van der Waals surface area contributed by atoms with Gasteiger partial charge in [0, 0.05) is 0 Å². The molecule has 0 amide bonds. The van der Waals surface area contributed by atoms with Crippen LogP contribution in [0, 0.1) is 0 Å². The lowest BCUT2D eigenvalue weighted by atomic mass is 9.90. The van der Waals surface area contributed by atoms with Gasteiger partial charge in [-0.2, -0.15) is 13.2 Å². The van der Waals surface area contributed by atoms with Gasteiger partial charge in [0.05, 0.1) is 23.2 Å². The zero-order valence-corrected chi connectivity index (χ0v) is 21.6. The first-order valence-electron chi connectivity index (χ1n) is 12.5. The molecule has 0 bridgehead atoms. The maximum absolute atomic E-state index is 13.8. The van der Waals surface area contributed by atoms with Gasteiger partial charge in [-0.05, 0) is 67.3 Å². The Labute approximate surface area is 224 Å². The van der Waals surface area contributed by atoms with Gasteiger partial charge in [0.25, 0.3) is 0 Å². The Morgan fingerprint density at radius 1 is 1.03 bits per heavy atom. The first-order chi connectivity index (χ1) is 18.2. The molecule has 1 N–H and O–H groups in total. The smallest absolute Gasteiger partial charge is 0.417 e. The number of carboxylic acid groups (broad SMARTS) is 1. The van der Waals surface area contributed by atoms with Crippen molar-refractivity contribution in [1.82, 2.24) is 4.90 Å². The summed E-state index contributed by atoms with van der Waals surface area (Å²) in [6.07, 6.45) is -2.79. The Morgan fingerprint density at radius 2 is 1.74 bits per heavy atom. The third-order valence-electron chi connectivity index (χ3n) is 6.59. The molecule has 9 heteroatoms. The molecule has 0 saturated carbocycles. The van der Waals surface area contributed by atoms with Crippen LogP contribution >= 0.6 is 11.6 Å². The summed E-state index contributed by atoms with van der Waals surface area (Å²) in [7, 11) is 0. The fourth-order valence-corrected chi connectivity index (χ4v) is 5.08. The van der Waals surface area contributed by atoms with Crippen LogP contribution in [-0.2, 0) is 17.6 Å². The second-order valence-electron chi connectivity index (χ2n) is 9.14. The number of rotatable bonds is 9. The molecule has 1 aliphatic rings. The molecule has 1 heterocycles. The molecule has 38 heavy (non-hydrogen) atoms. The van der Waals surface area contributed by atoms with Crippen molar-refractivity contribution >= 4 is 17.6 Å². The predicted octanol–water partition coefficient (Wildman–Crippen LogP) is 7.37. The van der Waals surface area contributed by atoms with Gasteiger partial charge < -0.3 is 14.6 Å². The lowest BCUT2D eigenvalue weighted by molar-refractivity contribution is -0.145. The summed E-state index contributed by atoms with van der Waals surface area (Å²) in [5.41, 5.74) is 0.910. The number of likely N-dealkylation sites (tertiary alicyclic amines) is 1. The maximum Gasteiger partial charge on any atom is 0.417 e. The van der Waals surface area contributed by atoms with E-state index in [1.54, 1.807) is 23.1 Å². The average Bonchev–Trinajstić information content (AvgIpc) is 2.89. The molecule has 0 aromatic heterocycles. The molecular weight excluding hydrogens is 519 g/mol. The SMILES string of the molecule is CCOc1cc(C(c2ccc(Cl)c(C(F)(F)F)c2)N2CCCCC2C(=O)O)ccc1OCc1ccccc1. The van der Waals surface area contributed by atoms with Crippen LogP contribution in [0.5, 0.6) is 11.5 Å². The number of halogens is 4. The van der Waals surface area contributed by atoms with E-state index in [9.17, 15) is 23.1 Å². The summed E-state index contributed by atoms with van der Waals surface area (Å²) in [6, 6.07) is 16.9. The number of alkyl halides is 3. The largest absolute Gasteiger partial charge is 0.490 e. The summed E-state index contributed by atoms with van der Waals surface area (Å²) in [4.78, 5) is 13.9. The van der Waals surface area contributed by atoms with E-state index in [1.165, 1.54) is 12.1 Å². The highest BCUT2D eigenvalue weighted by atomic mass is 35.5. The monoisotopic (exact) mass is 547 g/mol. The molecule has 5 nitrogen and oxygen atoms in total. The van der Waals surface area contributed by atoms with E-state index in [4.69, 9.17) is 21.1 Å². The van der Waals surface area contributed by atoms with Crippen LogP contribution in [0.25, 0.3) is 0 Å². The lowest BCUT2D eigenvalue weighted by Gasteiger charge is -2.40. The number of benzene rings is 3. The summed E-state index contributed by atoms with van der Waals surface area (Å²) in [6.45, 7) is 2.90. The van der Waals surface area contributed by atoms with Crippen LogP contribution in [-0.4, -0.2) is 35.2 Å². The zero-order chi connectivity index (χ0) is 27.3. The molecule has 1 saturated heterocycles. The van der Waals surface area contributed by atoms with Crippen molar-refractivity contribution < 1.29 is 32.5 Å². The Morgan fingerprint density at radius 3 is 2.42 bits per heavy atom. The zero-order valence-electron chi connectivity index (χ0n) is 20.9. The molecule has 0 spiro atoms. The van der Waals surface area contributed by atoms with Gasteiger partial charge in [-0.3, -0.25) is 9.69 Å². The van der Waals surface area contributed by atoms with Gasteiger partial charge in [0.1, 0.15) is 12.6 Å². The van der Waals surface area contributed by atoms with E-state index < -0.39 is 34.8 Å². The second-order valence-corrected chi connectivity index (χ2v) is 9.55. The Kier molecular flexibility index (Phi) is 8.84. The summed E-state index contributed by atoms with van der Waals surface area (Å²) in [5, 5.41) is 9.54. The van der Waals surface area contributed by atoms with Crippen molar-refractivity contribution in [2.45, 2.75) is 51.1 Å². The normalized spacial score (nSPS) is 17.1. The first kappa shape index (κ1) is 27.8. The first-order valence-corrected chi connectivity index (χ1v) is 12.9. The molecule has 1 fully saturated rings. The average molecular weight is 548 g/mol. The van der Waals surface area contributed by atoms with Crippen LogP contribution in [0.15, 0.2) is 66.7 Å². The van der Waals surface area contributed by atoms with Crippen LogP contribution < -0.4 is 9.47 Å². The van der Waals surface area contributed by atoms with Crippen molar-refractivity contribution in [3.05, 3.63) is 94.0 Å². The maximum atomic E-state index is 13.8. The van der Waals surface area contributed by atoms with Crippen molar-refractivity contribution in [3.63, 3.8) is 0 Å². The van der Waals surface area contributed by atoms with Crippen LogP contribution in [0.3, 0.4) is 0 Å². The number of nitrogens with zero attached hydrogens (tertiary/aromatic N) is 1. The van der Waals surface area contributed by atoms with Crippen molar-refractivity contribution in [2.75, 3.05) is 13.2 Å². The van der Waals surface area contributed by atoms with E-state index in [-0.39, 0.29) is 0 Å². The predicted molar refractivity (Wildman–Crippen MR) is 139 cm³/mol. The number of ether oxygens (including phenoxy) is 2. The Bertz CT molecular complexity index is 1250. The van der Waals surface area contributed by atoms with E-state index in [0.717, 1.165) is 24.5 Å². The number of aliphatic carboxylic acids is 1. The van der Waals surface area contributed by atoms with Crippen molar-refractivity contribution in [3.8, 4) is 11.5 Å². The van der Waals surface area contributed by atoms with Crippen LogP contribution in [0.2, 0.25) is 5.02 Å². The Balaban J connectivity index is 1.78. The van der Waals surface area contributed by atoms with Crippen LogP contribution in [0.4, 0.5) is 13.2 Å². The summed E-state index contributed by atoms with van der Waals surface area (Å²) >= 11 is 5.90. The topological polar surface area (TPSA) is 59.0 Å². The quantitative estimate of drug-likeness (QED) is 0.303. The third-order valence-corrected chi connectivity index (χ3v) is 6.92. The molecule has 2 unspecified atom stereocenters. The molecule has 0 aliphatic carbocycles. The Hall–Kier alpha value is -3.23. The molecule has 1 aliphatic heterocycles. The summed E-state index contributed by atoms with van der Waals surface area (Å²) < 4.78 is 53.1. The standard InChI is InChI=1S/C29H29ClF3NO4/c1-2-37-26-17-21(12-14-25(26)38-18-19-8-4-3-5-9-19)27(34-15-7-6-10-24(34)28(35)36)20-11-13-23(30)22(16-20)29(31,32)33/h3-5,8-9,11-14,16-17,24,27H,2,6-7,10,15,18H2,1H3,(H,35,36). The van der Waals surface area contributed by atoms with Gasteiger partial charge in [0.2, 0.25) is 0 Å². The number of carbonyl (C=O) groups is 1. The second kappa shape index (κ2) is 12.1. The molecule has 2 atom stereocenters. The third kappa shape index (κ3) is 6.42. The molecule has 202 valence electrons. The minimum absolute atomic E-state index is 0.301. The van der Waals surface area contributed by atoms with E-state index in [1.807, 2.05) is 37.3 Å². The number of hydrogen-bond donors (Lipinski definition) is 1. The minimum Gasteiger partial charge on any atom is -0.490 e. The van der Waals surface area contributed by atoms with Gasteiger partial charge in [-0.25, -0.2) is 0 Å². The lowest BCUT2D eigenvalue weighted by Crippen LogP contribution is -2.46. The highest BCUT2D eigenvalue weighted by Gasteiger charge is 2.38. The van der Waals surface area contributed by atoms with Crippen molar-refractivity contribution in [1.29, 1.82) is 0 Å². The van der Waals surface area contributed by atoms with Crippen LogP contribution in [0.1, 0.15) is 54.5 Å². The highest BCUT2D eigenvalue weighted by molar-refractivity contribution is 6.31. The number of carboxylic acids is 1. The van der Waals surface area contributed by atoms with Gasteiger partial charge >= 0.3 is 12.1 Å². The highest BCUT2D eigenvalue weighted by Crippen LogP contribution is 2.42. The molecular formula is C29H29ClF3NO4. The number of piperidine rings is 1. The van der Waals surface area contributed by atoms with E-state index in [0.29, 0.717) is 48.8 Å². The molecule has 0 radical (unpaired) electrons. The number of hydrogen-bond acceptors (Lipinski definition) is 4. The van der Waals surface area contributed by atoms with Gasteiger partial charge in [0.15, 0.2) is 11.5 Å². The fourth-order valence-electron chi connectivity index (χ4n) is 4.85. The fraction of sp³-hybridized carbons (Fsp3) is 0.345. The molecule has 4 rings (SSSR count). The van der Waals surface area contributed by atoms with Crippen molar-refractivity contribution in [2.24, 2.45) is 0 Å². The minimum atomic E-state index is -4.66. The molecule has 3 aromatic rings. The van der Waals surface area contributed by atoms with Gasteiger partial charge in [-0.15, -0.1) is 0 Å². The van der Waals surface area contributed by atoms with Gasteiger partial charge in [-0.1, -0.05) is 60.5 Å². The van der Waals surface area contributed by atoms with E-state index >= 15 is 0 Å².